The third-order valence-corrected chi connectivity index (χ3v) is 12.4. The number of benzene rings is 6. The maximum Gasteiger partial charge on any atom is 0.241 e. The zero-order valence-corrected chi connectivity index (χ0v) is 36.7. The fourth-order valence-electron chi connectivity index (χ4n) is 8.57. The molecule has 0 amide bonds. The number of hydrogen-bond donors (Lipinski definition) is 6. The summed E-state index contributed by atoms with van der Waals surface area (Å²) < 4.78 is 16.2. The monoisotopic (exact) mass is 928 g/mol. The number of fused-ring (bicyclic) bond motifs is 12. The highest BCUT2D eigenvalue weighted by Crippen LogP contribution is 2.43. The zero-order chi connectivity index (χ0) is 43.6. The minimum absolute atomic E-state index is 0.161. The van der Waals surface area contributed by atoms with Gasteiger partial charge in [0.1, 0.15) is 12.7 Å². The van der Waals surface area contributed by atoms with Crippen molar-refractivity contribution in [1.29, 1.82) is 0 Å². The van der Waals surface area contributed by atoms with E-state index < -0.39 is 0 Å². The molecule has 6 aromatic carbocycles. The van der Waals surface area contributed by atoms with E-state index in [1.807, 2.05) is 77.4 Å². The predicted octanol–water partition coefficient (Wildman–Crippen LogP) is 11.8. The van der Waals surface area contributed by atoms with Crippen molar-refractivity contribution in [3.63, 3.8) is 0 Å². The molecular formula is C46H36Cl4N12O2. The number of ether oxygens (including phenoxy) is 2. The molecule has 12 aromatic rings. The summed E-state index contributed by atoms with van der Waals surface area (Å²) in [5, 5.41) is 22.9. The van der Waals surface area contributed by atoms with E-state index >= 15 is 0 Å². The summed E-state index contributed by atoms with van der Waals surface area (Å²) in [5.41, 5.74) is 19.2. The molecule has 18 heteroatoms. The van der Waals surface area contributed by atoms with Crippen LogP contribution in [0.5, 0.6) is 11.5 Å². The Hall–Kier alpha value is -6.84. The van der Waals surface area contributed by atoms with Crippen LogP contribution in [-0.4, -0.2) is 62.7 Å². The Morgan fingerprint density at radius 2 is 0.859 bits per heavy atom. The minimum Gasteiger partial charge on any atom is -0.489 e. The van der Waals surface area contributed by atoms with Gasteiger partial charge in [-0.15, -0.1) is 15.3 Å². The Labute approximate surface area is 382 Å². The van der Waals surface area contributed by atoms with Crippen LogP contribution in [0.25, 0.3) is 87.2 Å². The summed E-state index contributed by atoms with van der Waals surface area (Å²) in [4.78, 5) is 18.0. The summed E-state index contributed by atoms with van der Waals surface area (Å²) in [6.07, 6.45) is 4.92. The van der Waals surface area contributed by atoms with Gasteiger partial charge in [-0.2, -0.15) is 4.98 Å². The number of nitrogens with zero attached hydrogens (tertiary/aromatic N) is 6. The van der Waals surface area contributed by atoms with Crippen LogP contribution in [0.1, 0.15) is 12.8 Å². The van der Waals surface area contributed by atoms with E-state index in [0.29, 0.717) is 46.3 Å². The lowest BCUT2D eigenvalue weighted by atomic mass is 10.1. The van der Waals surface area contributed by atoms with Crippen molar-refractivity contribution in [3.8, 4) is 11.5 Å². The molecule has 0 fully saturated rings. The first kappa shape index (κ1) is 40.0. The number of aromatic amines is 4. The van der Waals surface area contributed by atoms with Crippen LogP contribution in [-0.2, 0) is 13.1 Å². The molecule has 64 heavy (non-hydrogen) atoms. The standard InChI is InChI=1S/C23H19Cl2N7O.C23H17Cl2N5O/c24-11-2-4-17-13(8-11)15-10-16-14-9-12(25)3-5-18(14)29-20(16)21(19(15)28-17)33-7-1-6-32-23(27)30-22(26)31-32;24-13-2-4-19-15(8-13)17-10-18-16-9-14(25)3-5-20(16)29-22(18)23(21(17)28-19)31-7-1-6-30-11-26-27-12-30/h2-5,8-10,28-29H,1,6-7H2,(H4,26,27,30,31);2-5,8-12,28-29H,1,6-7H2. The average Bonchev–Trinajstić information content (AvgIpc) is 4.15. The number of halogens is 4. The molecule has 0 aliphatic heterocycles. The maximum absolute atomic E-state index is 6.37. The topological polar surface area (TPSA) is 195 Å². The summed E-state index contributed by atoms with van der Waals surface area (Å²) in [6, 6.07) is 27.7. The Bertz CT molecular complexity index is 3550. The molecule has 0 bridgehead atoms. The molecule has 0 saturated heterocycles. The molecule has 0 spiro atoms. The number of aromatic nitrogens is 10. The van der Waals surface area contributed by atoms with Gasteiger partial charge in [-0.25, -0.2) is 4.68 Å². The predicted molar refractivity (Wildman–Crippen MR) is 259 cm³/mol. The van der Waals surface area contributed by atoms with Gasteiger partial charge in [0.15, 0.2) is 11.5 Å². The van der Waals surface area contributed by atoms with Gasteiger partial charge in [-0.05, 0) is 91.3 Å². The van der Waals surface area contributed by atoms with Crippen molar-refractivity contribution in [2.75, 3.05) is 24.7 Å². The smallest absolute Gasteiger partial charge is 0.241 e. The fourth-order valence-corrected chi connectivity index (χ4v) is 9.26. The van der Waals surface area contributed by atoms with Crippen LogP contribution in [0.2, 0.25) is 20.1 Å². The van der Waals surface area contributed by atoms with E-state index in [4.69, 9.17) is 67.3 Å². The lowest BCUT2D eigenvalue weighted by Gasteiger charge is -2.10. The van der Waals surface area contributed by atoms with Gasteiger partial charge in [0.25, 0.3) is 0 Å². The van der Waals surface area contributed by atoms with Crippen molar-refractivity contribution in [3.05, 3.63) is 118 Å². The van der Waals surface area contributed by atoms with E-state index in [1.54, 1.807) is 17.3 Å². The quantitative estimate of drug-likeness (QED) is 0.0729. The number of nitrogen functional groups attached to an aromatic ring is 2. The second kappa shape index (κ2) is 16.1. The molecule has 14 nitrogen and oxygen atoms in total. The third-order valence-electron chi connectivity index (χ3n) is 11.4. The van der Waals surface area contributed by atoms with E-state index in [2.05, 4.69) is 52.3 Å². The lowest BCUT2D eigenvalue weighted by Crippen LogP contribution is -2.09. The van der Waals surface area contributed by atoms with Crippen molar-refractivity contribution in [1.82, 2.24) is 49.5 Å². The third kappa shape index (κ3) is 7.18. The molecule has 0 aliphatic carbocycles. The van der Waals surface area contributed by atoms with Crippen molar-refractivity contribution in [2.24, 2.45) is 0 Å². The molecule has 320 valence electrons. The van der Waals surface area contributed by atoms with Gasteiger partial charge < -0.3 is 45.4 Å². The van der Waals surface area contributed by atoms with Gasteiger partial charge >= 0.3 is 0 Å². The number of nitrogens with one attached hydrogen (secondary N) is 4. The van der Waals surface area contributed by atoms with E-state index in [1.165, 1.54) is 0 Å². The highest BCUT2D eigenvalue weighted by Gasteiger charge is 2.20. The van der Waals surface area contributed by atoms with Crippen molar-refractivity contribution < 1.29 is 9.47 Å². The number of aryl methyl sites for hydroxylation is 2. The van der Waals surface area contributed by atoms with Crippen LogP contribution < -0.4 is 20.9 Å². The molecule has 0 unspecified atom stereocenters. The van der Waals surface area contributed by atoms with E-state index in [-0.39, 0.29) is 11.9 Å². The second-order valence-electron chi connectivity index (χ2n) is 15.5. The van der Waals surface area contributed by atoms with Crippen LogP contribution in [0, 0.1) is 0 Å². The van der Waals surface area contributed by atoms with Crippen LogP contribution in [0.15, 0.2) is 97.6 Å². The van der Waals surface area contributed by atoms with Gasteiger partial charge in [-0.1, -0.05) is 46.4 Å². The molecule has 0 radical (unpaired) electrons. The van der Waals surface area contributed by atoms with Gasteiger partial charge in [0, 0.05) is 105 Å². The summed E-state index contributed by atoms with van der Waals surface area (Å²) in [6.45, 7) is 2.33. The Kier molecular flexibility index (Phi) is 10.0. The maximum atomic E-state index is 6.37. The molecule has 0 saturated carbocycles. The largest absolute Gasteiger partial charge is 0.489 e. The number of anilines is 2. The first-order chi connectivity index (χ1) is 31.1. The van der Waals surface area contributed by atoms with Crippen molar-refractivity contribution >= 4 is 146 Å². The average molecular weight is 931 g/mol. The molecule has 6 aromatic heterocycles. The number of rotatable bonds is 10. The van der Waals surface area contributed by atoms with Gasteiger partial charge in [-0.3, -0.25) is 0 Å². The molecular weight excluding hydrogens is 894 g/mol. The summed E-state index contributed by atoms with van der Waals surface area (Å²) >= 11 is 25.2. The molecule has 6 heterocycles. The molecule has 12 rings (SSSR count). The van der Waals surface area contributed by atoms with Gasteiger partial charge in [0.05, 0.1) is 35.3 Å². The minimum atomic E-state index is 0.161. The zero-order valence-electron chi connectivity index (χ0n) is 33.6. The van der Waals surface area contributed by atoms with Crippen molar-refractivity contribution in [2.45, 2.75) is 25.9 Å². The van der Waals surface area contributed by atoms with Crippen LogP contribution in [0.4, 0.5) is 11.9 Å². The Morgan fingerprint density at radius 1 is 0.484 bits per heavy atom. The first-order valence-electron chi connectivity index (χ1n) is 20.4. The second-order valence-corrected chi connectivity index (χ2v) is 17.3. The highest BCUT2D eigenvalue weighted by atomic mass is 35.5. The van der Waals surface area contributed by atoms with Gasteiger partial charge in [0.2, 0.25) is 11.9 Å². The van der Waals surface area contributed by atoms with Crippen LogP contribution >= 0.6 is 46.4 Å². The summed E-state index contributed by atoms with van der Waals surface area (Å²) in [7, 11) is 0. The molecule has 0 aliphatic rings. The van der Waals surface area contributed by atoms with E-state index in [9.17, 15) is 0 Å². The fraction of sp³-hybridized carbons (Fsp3) is 0.130. The number of hydrogen-bond acceptors (Lipinski definition) is 8. The lowest BCUT2D eigenvalue weighted by molar-refractivity contribution is 0.305. The Balaban J connectivity index is 0.000000143. The molecule has 8 N–H and O–H groups in total. The van der Waals surface area contributed by atoms with Crippen LogP contribution in [0.3, 0.4) is 0 Å². The van der Waals surface area contributed by atoms with E-state index in [0.717, 1.165) is 112 Å². The summed E-state index contributed by atoms with van der Waals surface area (Å²) in [5.74, 6) is 1.99. The first-order valence-corrected chi connectivity index (χ1v) is 21.9. The number of nitrogens with two attached hydrogens (primary N) is 2. The highest BCUT2D eigenvalue weighted by molar-refractivity contribution is 6.34. The number of H-pyrrole nitrogens is 4. The SMILES string of the molecule is Clc1ccc2[nH]c3c(OCCCn4cnnc4)c4[nH]c5ccc(Cl)cc5c4cc3c2c1.Nc1nc(N)n(CCCOc2c3[nH]c4ccc(Cl)cc4c3cc3c2[nH]c2ccc(Cl)cc23)n1. The Morgan fingerprint density at radius 3 is 1.22 bits per heavy atom. The normalized spacial score (nSPS) is 11.9. The molecule has 0 atom stereocenters.